The van der Waals surface area contributed by atoms with Gasteiger partial charge in [-0.15, -0.1) is 5.06 Å². The number of hydroxylamine groups is 2. The molecule has 26 heavy (non-hydrogen) atoms. The van der Waals surface area contributed by atoms with E-state index in [4.69, 9.17) is 28.0 Å². The molecule has 0 saturated heterocycles. The van der Waals surface area contributed by atoms with Crippen LogP contribution in [0.2, 0.25) is 10.0 Å². The molecule has 0 saturated carbocycles. The van der Waals surface area contributed by atoms with Gasteiger partial charge in [0.15, 0.2) is 5.76 Å². The van der Waals surface area contributed by atoms with Gasteiger partial charge in [-0.3, -0.25) is 0 Å². The molecule has 0 N–H and O–H groups in total. The lowest BCUT2D eigenvalue weighted by Gasteiger charge is -2.23. The van der Waals surface area contributed by atoms with E-state index in [9.17, 15) is 0 Å². The molecular formula is C22H17Cl2NO. The normalized spacial score (nSPS) is 17.0. The van der Waals surface area contributed by atoms with Gasteiger partial charge in [0, 0.05) is 5.56 Å². The van der Waals surface area contributed by atoms with E-state index in [0.717, 1.165) is 11.3 Å². The maximum absolute atomic E-state index is 6.21. The van der Waals surface area contributed by atoms with Crippen LogP contribution in [0.1, 0.15) is 22.7 Å². The second-order valence-electron chi connectivity index (χ2n) is 6.17. The first-order chi connectivity index (χ1) is 12.7. The molecule has 0 aliphatic carbocycles. The highest BCUT2D eigenvalue weighted by molar-refractivity contribution is 6.42. The number of rotatable bonds is 4. The lowest BCUT2D eigenvalue weighted by molar-refractivity contribution is -0.101. The summed E-state index contributed by atoms with van der Waals surface area (Å²) in [6.07, 6.45) is 2.12. The molecule has 4 heteroatoms. The molecule has 1 atom stereocenters. The number of hydrogen-bond acceptors (Lipinski definition) is 2. The minimum Gasteiger partial charge on any atom is -0.404 e. The Labute approximate surface area is 163 Å². The van der Waals surface area contributed by atoms with Crippen molar-refractivity contribution in [1.82, 2.24) is 5.06 Å². The first-order valence-corrected chi connectivity index (χ1v) is 9.17. The second-order valence-corrected chi connectivity index (χ2v) is 6.98. The van der Waals surface area contributed by atoms with Crippen LogP contribution in [0, 0.1) is 0 Å². The number of hydrogen-bond donors (Lipinski definition) is 0. The van der Waals surface area contributed by atoms with Crippen LogP contribution >= 0.6 is 23.2 Å². The molecule has 0 fully saturated rings. The van der Waals surface area contributed by atoms with Gasteiger partial charge in [-0.05, 0) is 35.4 Å². The van der Waals surface area contributed by atoms with Crippen LogP contribution in [0.5, 0.6) is 0 Å². The van der Waals surface area contributed by atoms with Crippen LogP contribution in [0.25, 0.3) is 5.76 Å². The van der Waals surface area contributed by atoms with E-state index in [1.807, 2.05) is 53.6 Å². The molecule has 3 aromatic rings. The summed E-state index contributed by atoms with van der Waals surface area (Å²) < 4.78 is 0. The summed E-state index contributed by atoms with van der Waals surface area (Å²) in [5.41, 5.74) is 3.28. The third-order valence-electron chi connectivity index (χ3n) is 4.36. The molecule has 4 rings (SSSR count). The lowest BCUT2D eigenvalue weighted by Crippen LogP contribution is -2.22. The van der Waals surface area contributed by atoms with Crippen molar-refractivity contribution >= 4 is 29.0 Å². The summed E-state index contributed by atoms with van der Waals surface area (Å²) in [6, 6.07) is 26.2. The first-order valence-electron chi connectivity index (χ1n) is 8.41. The molecule has 0 amide bonds. The summed E-state index contributed by atoms with van der Waals surface area (Å²) in [5.74, 6) is 0.786. The van der Waals surface area contributed by atoms with Gasteiger partial charge in [0.2, 0.25) is 0 Å². The monoisotopic (exact) mass is 381 g/mol. The summed E-state index contributed by atoms with van der Waals surface area (Å²) in [5, 5.41) is 3.05. The smallest absolute Gasteiger partial charge is 0.152 e. The van der Waals surface area contributed by atoms with Gasteiger partial charge >= 0.3 is 0 Å². The van der Waals surface area contributed by atoms with Crippen LogP contribution in [0.4, 0.5) is 0 Å². The Morgan fingerprint density at radius 1 is 0.808 bits per heavy atom. The quantitative estimate of drug-likeness (QED) is 0.509. The van der Waals surface area contributed by atoms with Crippen molar-refractivity contribution in [3.05, 3.63) is 112 Å². The Hall–Kier alpha value is -2.26. The second kappa shape index (κ2) is 7.55. The average molecular weight is 382 g/mol. The standard InChI is InChI=1S/C22H17Cl2NO/c23-19-12-11-18(13-20(19)24)22-14-21(17-9-5-2-6-10-17)25(26-22)15-16-7-3-1-4-8-16/h1-14,21H,15H2. The van der Waals surface area contributed by atoms with Crippen LogP contribution in [-0.2, 0) is 11.4 Å². The Balaban J connectivity index is 1.67. The van der Waals surface area contributed by atoms with E-state index in [-0.39, 0.29) is 6.04 Å². The van der Waals surface area contributed by atoms with Crippen molar-refractivity contribution < 1.29 is 4.84 Å². The predicted octanol–water partition coefficient (Wildman–Crippen LogP) is 6.52. The third kappa shape index (κ3) is 3.63. The van der Waals surface area contributed by atoms with Crippen molar-refractivity contribution in [3.8, 4) is 0 Å². The first kappa shape index (κ1) is 17.2. The predicted molar refractivity (Wildman–Crippen MR) is 107 cm³/mol. The molecule has 0 bridgehead atoms. The van der Waals surface area contributed by atoms with Crippen molar-refractivity contribution in [2.24, 2.45) is 0 Å². The van der Waals surface area contributed by atoms with Gasteiger partial charge in [-0.25, -0.2) is 0 Å². The molecule has 3 aromatic carbocycles. The Morgan fingerprint density at radius 2 is 1.50 bits per heavy atom. The Morgan fingerprint density at radius 3 is 2.19 bits per heavy atom. The van der Waals surface area contributed by atoms with Crippen molar-refractivity contribution in [2.75, 3.05) is 0 Å². The molecule has 0 radical (unpaired) electrons. The third-order valence-corrected chi connectivity index (χ3v) is 5.10. The Kier molecular flexibility index (Phi) is 4.98. The molecule has 0 aromatic heterocycles. The van der Waals surface area contributed by atoms with E-state index >= 15 is 0 Å². The minimum absolute atomic E-state index is 0.0286. The largest absolute Gasteiger partial charge is 0.404 e. The van der Waals surface area contributed by atoms with Gasteiger partial charge < -0.3 is 4.84 Å². The van der Waals surface area contributed by atoms with E-state index in [1.54, 1.807) is 6.07 Å². The highest BCUT2D eigenvalue weighted by Crippen LogP contribution is 2.38. The van der Waals surface area contributed by atoms with Crippen LogP contribution in [-0.4, -0.2) is 5.06 Å². The number of nitrogens with zero attached hydrogens (tertiary/aromatic N) is 1. The molecule has 2 nitrogen and oxygen atoms in total. The number of benzene rings is 3. The summed E-state index contributed by atoms with van der Waals surface area (Å²) in [6.45, 7) is 0.682. The van der Waals surface area contributed by atoms with Crippen LogP contribution < -0.4 is 0 Å². The van der Waals surface area contributed by atoms with Crippen molar-refractivity contribution in [3.63, 3.8) is 0 Å². The van der Waals surface area contributed by atoms with Crippen LogP contribution in [0.3, 0.4) is 0 Å². The van der Waals surface area contributed by atoms with Crippen molar-refractivity contribution in [2.45, 2.75) is 12.6 Å². The fourth-order valence-corrected chi connectivity index (χ4v) is 3.34. The fraction of sp³-hybridized carbons (Fsp3) is 0.0909. The van der Waals surface area contributed by atoms with E-state index in [0.29, 0.717) is 16.6 Å². The summed E-state index contributed by atoms with van der Waals surface area (Å²) in [4.78, 5) is 6.21. The van der Waals surface area contributed by atoms with E-state index in [2.05, 4.69) is 30.3 Å². The highest BCUT2D eigenvalue weighted by Gasteiger charge is 2.29. The maximum Gasteiger partial charge on any atom is 0.152 e. The van der Waals surface area contributed by atoms with Gasteiger partial charge in [-0.2, -0.15) is 0 Å². The molecule has 0 spiro atoms. The average Bonchev–Trinajstić information content (AvgIpc) is 3.09. The molecule has 1 unspecified atom stereocenters. The topological polar surface area (TPSA) is 12.5 Å². The van der Waals surface area contributed by atoms with Crippen molar-refractivity contribution in [1.29, 1.82) is 0 Å². The zero-order chi connectivity index (χ0) is 17.9. The van der Waals surface area contributed by atoms with Gasteiger partial charge in [0.1, 0.15) is 0 Å². The van der Waals surface area contributed by atoms with Gasteiger partial charge in [0.25, 0.3) is 0 Å². The summed E-state index contributed by atoms with van der Waals surface area (Å²) >= 11 is 12.2. The molecule has 1 heterocycles. The highest BCUT2D eigenvalue weighted by atomic mass is 35.5. The molecule has 1 aliphatic rings. The van der Waals surface area contributed by atoms with Crippen LogP contribution in [0.15, 0.2) is 84.9 Å². The number of halogens is 2. The van der Waals surface area contributed by atoms with E-state index in [1.165, 1.54) is 11.1 Å². The fourth-order valence-electron chi connectivity index (χ4n) is 3.05. The molecular weight excluding hydrogens is 365 g/mol. The zero-order valence-corrected chi connectivity index (χ0v) is 15.5. The summed E-state index contributed by atoms with van der Waals surface area (Å²) in [7, 11) is 0. The molecule has 130 valence electrons. The van der Waals surface area contributed by atoms with Gasteiger partial charge in [-0.1, -0.05) is 83.9 Å². The lowest BCUT2D eigenvalue weighted by atomic mass is 10.0. The SMILES string of the molecule is Clc1ccc(C2=CC(c3ccccc3)N(Cc3ccccc3)O2)cc1Cl. The van der Waals surface area contributed by atoms with E-state index < -0.39 is 0 Å². The maximum atomic E-state index is 6.21. The zero-order valence-electron chi connectivity index (χ0n) is 14.0. The Bertz CT molecular complexity index is 925. The van der Waals surface area contributed by atoms with Gasteiger partial charge in [0.05, 0.1) is 22.6 Å². The molecule has 1 aliphatic heterocycles. The minimum atomic E-state index is 0.0286.